The van der Waals surface area contributed by atoms with Crippen LogP contribution in [0.2, 0.25) is 10.0 Å². The van der Waals surface area contributed by atoms with Crippen LogP contribution in [0.5, 0.6) is 5.75 Å². The second kappa shape index (κ2) is 13.0. The van der Waals surface area contributed by atoms with Gasteiger partial charge in [-0.05, 0) is 55.7 Å². The van der Waals surface area contributed by atoms with E-state index in [1.807, 2.05) is 38.1 Å². The number of nitrogens with zero attached hydrogens (tertiary/aromatic N) is 1. The Kier molecular flexibility index (Phi) is 10.7. The van der Waals surface area contributed by atoms with E-state index in [0.717, 1.165) is 23.3 Å². The maximum atomic E-state index is 13.2. The van der Waals surface area contributed by atoms with Gasteiger partial charge in [-0.2, -0.15) is 0 Å². The first-order chi connectivity index (χ1) is 15.3. The second-order valence-corrected chi connectivity index (χ2v) is 9.36. The quantitative estimate of drug-likeness (QED) is 0.441. The van der Waals surface area contributed by atoms with E-state index < -0.39 is 6.04 Å². The third-order valence-corrected chi connectivity index (χ3v) is 6.87. The van der Waals surface area contributed by atoms with Gasteiger partial charge in [-0.15, -0.1) is 11.8 Å². The van der Waals surface area contributed by atoms with Crippen LogP contribution in [-0.2, 0) is 21.9 Å². The lowest BCUT2D eigenvalue weighted by Gasteiger charge is -2.29. The fourth-order valence-corrected chi connectivity index (χ4v) is 4.62. The van der Waals surface area contributed by atoms with E-state index in [1.54, 1.807) is 37.1 Å². The number of hydrogen-bond donors (Lipinski definition) is 1. The molecule has 5 nitrogen and oxygen atoms in total. The molecule has 2 amide bonds. The third-order valence-electron chi connectivity index (χ3n) is 5.21. The first kappa shape index (κ1) is 26.4. The van der Waals surface area contributed by atoms with Gasteiger partial charge < -0.3 is 15.0 Å². The average molecular weight is 497 g/mol. The predicted molar refractivity (Wildman–Crippen MR) is 134 cm³/mol. The van der Waals surface area contributed by atoms with Gasteiger partial charge in [-0.3, -0.25) is 9.59 Å². The molecule has 0 aliphatic carbocycles. The van der Waals surface area contributed by atoms with Gasteiger partial charge in [0.2, 0.25) is 11.8 Å². The summed E-state index contributed by atoms with van der Waals surface area (Å²) in [5.41, 5.74) is 1.72. The molecule has 2 atom stereocenters. The van der Waals surface area contributed by atoms with Crippen LogP contribution in [0.3, 0.4) is 0 Å². The standard InChI is InChI=1S/C24H30Cl2N2O3S/c1-5-16(2)27-24(30)17(3)28(13-18-9-11-19(31-4)12-10-18)23(29)15-32-14-20-21(25)7-6-8-22(20)26/h6-12,16-17H,5,13-15H2,1-4H3,(H,27,30)/t16-,17+/m0/s1. The Morgan fingerprint density at radius 3 is 2.28 bits per heavy atom. The van der Waals surface area contributed by atoms with E-state index in [4.69, 9.17) is 27.9 Å². The van der Waals surface area contributed by atoms with Crippen molar-refractivity contribution in [2.24, 2.45) is 0 Å². The Morgan fingerprint density at radius 2 is 1.72 bits per heavy atom. The van der Waals surface area contributed by atoms with Crippen molar-refractivity contribution >= 4 is 46.8 Å². The Labute approximate surface area is 204 Å². The minimum Gasteiger partial charge on any atom is -0.497 e. The Balaban J connectivity index is 2.12. The molecule has 0 heterocycles. The van der Waals surface area contributed by atoms with Crippen molar-refractivity contribution in [3.63, 3.8) is 0 Å². The summed E-state index contributed by atoms with van der Waals surface area (Å²) in [7, 11) is 1.61. The summed E-state index contributed by atoms with van der Waals surface area (Å²) in [5.74, 6) is 1.16. The highest BCUT2D eigenvalue weighted by molar-refractivity contribution is 7.99. The molecule has 174 valence electrons. The van der Waals surface area contributed by atoms with E-state index >= 15 is 0 Å². The SMILES string of the molecule is CC[C@H](C)NC(=O)[C@@H](C)N(Cc1ccc(OC)cc1)C(=O)CSCc1c(Cl)cccc1Cl. The van der Waals surface area contributed by atoms with Crippen LogP contribution in [0.4, 0.5) is 0 Å². The van der Waals surface area contributed by atoms with Crippen molar-refractivity contribution in [2.75, 3.05) is 12.9 Å². The first-order valence-electron chi connectivity index (χ1n) is 10.5. The molecule has 2 aromatic rings. The van der Waals surface area contributed by atoms with Crippen LogP contribution < -0.4 is 10.1 Å². The van der Waals surface area contributed by atoms with Gasteiger partial charge >= 0.3 is 0 Å². The number of rotatable bonds is 11. The highest BCUT2D eigenvalue weighted by Gasteiger charge is 2.26. The lowest BCUT2D eigenvalue weighted by Crippen LogP contribution is -2.50. The van der Waals surface area contributed by atoms with Gasteiger partial charge in [0.05, 0.1) is 12.9 Å². The van der Waals surface area contributed by atoms with E-state index in [0.29, 0.717) is 22.3 Å². The van der Waals surface area contributed by atoms with Crippen molar-refractivity contribution in [3.8, 4) is 5.75 Å². The molecular formula is C24H30Cl2N2O3S. The van der Waals surface area contributed by atoms with Crippen LogP contribution in [0, 0.1) is 0 Å². The largest absolute Gasteiger partial charge is 0.497 e. The van der Waals surface area contributed by atoms with Gasteiger partial charge in [0.1, 0.15) is 11.8 Å². The molecule has 0 bridgehead atoms. The van der Waals surface area contributed by atoms with Crippen LogP contribution >= 0.6 is 35.0 Å². The molecule has 0 aliphatic heterocycles. The van der Waals surface area contributed by atoms with Crippen molar-refractivity contribution < 1.29 is 14.3 Å². The summed E-state index contributed by atoms with van der Waals surface area (Å²) in [6.45, 7) is 6.04. The average Bonchev–Trinajstić information content (AvgIpc) is 2.79. The smallest absolute Gasteiger partial charge is 0.242 e. The first-order valence-corrected chi connectivity index (χ1v) is 12.4. The number of benzene rings is 2. The Bertz CT molecular complexity index is 888. The zero-order valence-electron chi connectivity index (χ0n) is 18.9. The van der Waals surface area contributed by atoms with Crippen LogP contribution in [0.1, 0.15) is 38.3 Å². The van der Waals surface area contributed by atoms with Crippen molar-refractivity contribution in [1.82, 2.24) is 10.2 Å². The lowest BCUT2D eigenvalue weighted by molar-refractivity contribution is -0.138. The molecule has 8 heteroatoms. The number of carbonyl (C=O) groups is 2. The van der Waals surface area contributed by atoms with E-state index in [-0.39, 0.29) is 23.6 Å². The molecule has 0 fully saturated rings. The van der Waals surface area contributed by atoms with Gasteiger partial charge in [-0.1, -0.05) is 48.3 Å². The fraction of sp³-hybridized carbons (Fsp3) is 0.417. The highest BCUT2D eigenvalue weighted by atomic mass is 35.5. The van der Waals surface area contributed by atoms with Crippen LogP contribution in [0.25, 0.3) is 0 Å². The number of amides is 2. The molecule has 0 unspecified atom stereocenters. The van der Waals surface area contributed by atoms with Gasteiger partial charge in [0.25, 0.3) is 0 Å². The second-order valence-electron chi connectivity index (χ2n) is 7.56. The van der Waals surface area contributed by atoms with Gasteiger partial charge in [0.15, 0.2) is 0 Å². The normalized spacial score (nSPS) is 12.7. The zero-order valence-corrected chi connectivity index (χ0v) is 21.2. The van der Waals surface area contributed by atoms with Crippen molar-refractivity contribution in [3.05, 3.63) is 63.6 Å². The van der Waals surface area contributed by atoms with Crippen LogP contribution in [-0.4, -0.2) is 41.7 Å². The number of nitrogens with one attached hydrogen (secondary N) is 1. The van der Waals surface area contributed by atoms with E-state index in [9.17, 15) is 9.59 Å². The Morgan fingerprint density at radius 1 is 1.09 bits per heavy atom. The molecule has 2 aromatic carbocycles. The van der Waals surface area contributed by atoms with E-state index in [1.165, 1.54) is 11.8 Å². The molecule has 0 aromatic heterocycles. The summed E-state index contributed by atoms with van der Waals surface area (Å²) in [4.78, 5) is 27.5. The summed E-state index contributed by atoms with van der Waals surface area (Å²) >= 11 is 13.9. The number of ether oxygens (including phenoxy) is 1. The summed E-state index contributed by atoms with van der Waals surface area (Å²) in [6, 6.07) is 12.3. The number of halogens is 2. The molecular weight excluding hydrogens is 467 g/mol. The van der Waals surface area contributed by atoms with Gasteiger partial charge in [0, 0.05) is 28.4 Å². The molecule has 0 radical (unpaired) electrons. The van der Waals surface area contributed by atoms with Gasteiger partial charge in [-0.25, -0.2) is 0 Å². The minimum absolute atomic E-state index is 0.0413. The zero-order chi connectivity index (χ0) is 23.7. The monoisotopic (exact) mass is 496 g/mol. The molecule has 0 saturated heterocycles. The van der Waals surface area contributed by atoms with Crippen molar-refractivity contribution in [2.45, 2.75) is 51.6 Å². The molecule has 0 spiro atoms. The molecule has 1 N–H and O–H groups in total. The molecule has 0 saturated carbocycles. The summed E-state index contributed by atoms with van der Waals surface area (Å²) in [5, 5.41) is 4.13. The number of carbonyl (C=O) groups excluding carboxylic acids is 2. The van der Waals surface area contributed by atoms with E-state index in [2.05, 4.69) is 5.32 Å². The number of thioether (sulfide) groups is 1. The molecule has 32 heavy (non-hydrogen) atoms. The number of hydrogen-bond acceptors (Lipinski definition) is 4. The molecule has 2 rings (SSSR count). The minimum atomic E-state index is -0.608. The fourth-order valence-electron chi connectivity index (χ4n) is 2.97. The predicted octanol–water partition coefficient (Wildman–Crippen LogP) is 5.57. The Hall–Kier alpha value is -1.89. The summed E-state index contributed by atoms with van der Waals surface area (Å²) < 4.78 is 5.21. The lowest BCUT2D eigenvalue weighted by atomic mass is 10.1. The maximum absolute atomic E-state index is 13.2. The van der Waals surface area contributed by atoms with Crippen LogP contribution in [0.15, 0.2) is 42.5 Å². The highest BCUT2D eigenvalue weighted by Crippen LogP contribution is 2.28. The topological polar surface area (TPSA) is 58.6 Å². The third kappa shape index (κ3) is 7.61. The maximum Gasteiger partial charge on any atom is 0.242 e. The van der Waals surface area contributed by atoms with Crippen molar-refractivity contribution in [1.29, 1.82) is 0 Å². The summed E-state index contributed by atoms with van der Waals surface area (Å²) in [6.07, 6.45) is 0.819. The molecule has 0 aliphatic rings. The number of methoxy groups -OCH3 is 1.